The molecule has 1 rings (SSSR count). The summed E-state index contributed by atoms with van der Waals surface area (Å²) < 4.78 is 0. The fourth-order valence-corrected chi connectivity index (χ4v) is 0.931. The summed E-state index contributed by atoms with van der Waals surface area (Å²) in [6.45, 7) is 1.29. The van der Waals surface area contributed by atoms with E-state index in [1.165, 1.54) is 24.5 Å². The number of carbonyl (C=O) groups excluding carboxylic acids is 1. The molecule has 0 amide bonds. The van der Waals surface area contributed by atoms with Gasteiger partial charge in [-0.15, -0.1) is 11.3 Å². The molecule has 0 aliphatic carbocycles. The lowest BCUT2D eigenvalue weighted by Crippen LogP contribution is -1.91. The Morgan fingerprint density at radius 1 is 1.91 bits per heavy atom. The Kier molecular flexibility index (Phi) is 2.74. The fraction of sp³-hybridized carbons (Fsp3) is 0.167. The quantitative estimate of drug-likeness (QED) is 0.378. The zero-order valence-corrected chi connectivity index (χ0v) is 6.67. The van der Waals surface area contributed by atoms with Crippen molar-refractivity contribution in [3.63, 3.8) is 0 Å². The Labute approximate surface area is 67.5 Å². The Morgan fingerprint density at radius 2 is 2.73 bits per heavy atom. The summed E-state index contributed by atoms with van der Waals surface area (Å²) in [5.41, 5.74) is 0. The maximum Gasteiger partial charge on any atom is 0.331 e. The second-order valence-corrected chi connectivity index (χ2v) is 2.61. The van der Waals surface area contributed by atoms with E-state index < -0.39 is 5.97 Å². The van der Waals surface area contributed by atoms with Gasteiger partial charge in [-0.05, 0) is 0 Å². The predicted molar refractivity (Wildman–Crippen MR) is 41.5 cm³/mol. The van der Waals surface area contributed by atoms with Gasteiger partial charge in [0.2, 0.25) is 0 Å². The molecule has 11 heavy (non-hydrogen) atoms. The van der Waals surface area contributed by atoms with Crippen LogP contribution in [0.2, 0.25) is 0 Å². The molecule has 0 fully saturated rings. The molecule has 0 spiro atoms. The minimum Gasteiger partial charge on any atom is -0.319 e. The molecule has 0 N–H and O–H groups in total. The Balaban J connectivity index is 2.43. The van der Waals surface area contributed by atoms with Gasteiger partial charge in [0.25, 0.3) is 0 Å². The topological polar surface area (TPSA) is 51.5 Å². The molecule has 0 atom stereocenters. The SMILES string of the molecule is CC(=O)O/N=C/c1nccs1. The van der Waals surface area contributed by atoms with Gasteiger partial charge in [-0.3, -0.25) is 0 Å². The van der Waals surface area contributed by atoms with Crippen LogP contribution in [-0.4, -0.2) is 17.2 Å². The van der Waals surface area contributed by atoms with E-state index in [1.807, 2.05) is 5.38 Å². The monoisotopic (exact) mass is 170 g/mol. The van der Waals surface area contributed by atoms with E-state index in [4.69, 9.17) is 0 Å². The van der Waals surface area contributed by atoms with Gasteiger partial charge in [-0.2, -0.15) is 0 Å². The zero-order chi connectivity index (χ0) is 8.10. The molecule has 5 heteroatoms. The molecule has 0 unspecified atom stereocenters. The highest BCUT2D eigenvalue weighted by molar-refractivity contribution is 7.11. The average molecular weight is 170 g/mol. The summed E-state index contributed by atoms with van der Waals surface area (Å²) in [5, 5.41) is 5.92. The van der Waals surface area contributed by atoms with Crippen molar-refractivity contribution in [3.8, 4) is 0 Å². The van der Waals surface area contributed by atoms with E-state index in [2.05, 4.69) is 15.0 Å². The molecule has 0 saturated heterocycles. The van der Waals surface area contributed by atoms with E-state index in [0.717, 1.165) is 0 Å². The van der Waals surface area contributed by atoms with Crippen molar-refractivity contribution >= 4 is 23.5 Å². The lowest BCUT2D eigenvalue weighted by atomic mass is 10.8. The van der Waals surface area contributed by atoms with Gasteiger partial charge in [0, 0.05) is 18.5 Å². The molecule has 0 aliphatic rings. The lowest BCUT2D eigenvalue weighted by molar-refractivity contribution is -0.140. The van der Waals surface area contributed by atoms with Gasteiger partial charge in [-0.1, -0.05) is 5.16 Å². The number of hydrogen-bond donors (Lipinski definition) is 0. The maximum absolute atomic E-state index is 10.2. The van der Waals surface area contributed by atoms with Crippen LogP contribution < -0.4 is 0 Å². The normalized spacial score (nSPS) is 10.3. The number of thiazole rings is 1. The molecule has 0 aromatic carbocycles. The summed E-state index contributed by atoms with van der Waals surface area (Å²) >= 11 is 1.42. The average Bonchev–Trinajstić information content (AvgIpc) is 2.39. The molecule has 0 bridgehead atoms. The van der Waals surface area contributed by atoms with Crippen LogP contribution >= 0.6 is 11.3 Å². The van der Waals surface area contributed by atoms with E-state index >= 15 is 0 Å². The van der Waals surface area contributed by atoms with Crippen molar-refractivity contribution in [2.24, 2.45) is 5.16 Å². The van der Waals surface area contributed by atoms with Crippen LogP contribution in [0.3, 0.4) is 0 Å². The van der Waals surface area contributed by atoms with Crippen LogP contribution in [0.5, 0.6) is 0 Å². The van der Waals surface area contributed by atoms with Crippen LogP contribution in [-0.2, 0) is 9.63 Å². The summed E-state index contributed by atoms with van der Waals surface area (Å²) in [7, 11) is 0. The first-order valence-electron chi connectivity index (χ1n) is 2.89. The third-order valence-corrected chi connectivity index (χ3v) is 1.51. The van der Waals surface area contributed by atoms with Crippen LogP contribution in [0, 0.1) is 0 Å². The smallest absolute Gasteiger partial charge is 0.319 e. The Hall–Kier alpha value is -1.23. The van der Waals surface area contributed by atoms with E-state index in [1.54, 1.807) is 6.20 Å². The number of oxime groups is 1. The summed E-state index contributed by atoms with van der Waals surface area (Å²) in [5.74, 6) is -0.433. The zero-order valence-electron chi connectivity index (χ0n) is 5.85. The minimum atomic E-state index is -0.433. The second-order valence-electron chi connectivity index (χ2n) is 1.69. The first kappa shape index (κ1) is 7.87. The summed E-state index contributed by atoms with van der Waals surface area (Å²) in [6, 6.07) is 0. The van der Waals surface area contributed by atoms with Crippen LogP contribution in [0.1, 0.15) is 11.9 Å². The number of hydrogen-bond acceptors (Lipinski definition) is 5. The molecule has 1 heterocycles. The first-order valence-corrected chi connectivity index (χ1v) is 3.77. The highest BCUT2D eigenvalue weighted by Gasteiger charge is 1.89. The van der Waals surface area contributed by atoms with Gasteiger partial charge in [0.15, 0.2) is 0 Å². The number of nitrogens with zero attached hydrogens (tertiary/aromatic N) is 2. The molecule has 58 valence electrons. The Morgan fingerprint density at radius 3 is 3.27 bits per heavy atom. The van der Waals surface area contributed by atoms with Gasteiger partial charge >= 0.3 is 5.97 Å². The third-order valence-electron chi connectivity index (χ3n) is 0.796. The maximum atomic E-state index is 10.2. The number of carbonyl (C=O) groups is 1. The summed E-state index contributed by atoms with van der Waals surface area (Å²) in [6.07, 6.45) is 3.05. The van der Waals surface area contributed by atoms with Crippen molar-refractivity contribution in [1.29, 1.82) is 0 Å². The van der Waals surface area contributed by atoms with E-state index in [0.29, 0.717) is 5.01 Å². The standard InChI is InChI=1S/C6H6N2O2S/c1-5(9)10-8-4-6-7-2-3-11-6/h2-4H,1H3/b8-4+. The van der Waals surface area contributed by atoms with Gasteiger partial charge in [-0.25, -0.2) is 9.78 Å². The predicted octanol–water partition coefficient (Wildman–Crippen LogP) is 1.04. The van der Waals surface area contributed by atoms with Crippen LogP contribution in [0.4, 0.5) is 0 Å². The van der Waals surface area contributed by atoms with Crippen LogP contribution in [0.15, 0.2) is 16.7 Å². The second kappa shape index (κ2) is 3.82. The highest BCUT2D eigenvalue weighted by atomic mass is 32.1. The molecule has 4 nitrogen and oxygen atoms in total. The number of aromatic nitrogens is 1. The molecule has 1 aromatic heterocycles. The lowest BCUT2D eigenvalue weighted by Gasteiger charge is -1.85. The molecular formula is C6H6N2O2S. The third kappa shape index (κ3) is 2.90. The van der Waals surface area contributed by atoms with Crippen LogP contribution in [0.25, 0.3) is 0 Å². The van der Waals surface area contributed by atoms with Crippen molar-refractivity contribution in [2.75, 3.05) is 0 Å². The molecule has 0 radical (unpaired) electrons. The van der Waals surface area contributed by atoms with E-state index in [9.17, 15) is 4.79 Å². The van der Waals surface area contributed by atoms with E-state index in [-0.39, 0.29) is 0 Å². The molecule has 0 saturated carbocycles. The summed E-state index contributed by atoms with van der Waals surface area (Å²) in [4.78, 5) is 18.4. The highest BCUT2D eigenvalue weighted by Crippen LogP contribution is 1.99. The largest absolute Gasteiger partial charge is 0.331 e. The van der Waals surface area contributed by atoms with Gasteiger partial charge in [0.1, 0.15) is 11.2 Å². The van der Waals surface area contributed by atoms with Crippen molar-refractivity contribution in [1.82, 2.24) is 4.98 Å². The number of rotatable bonds is 2. The van der Waals surface area contributed by atoms with Crippen molar-refractivity contribution < 1.29 is 9.63 Å². The minimum absolute atomic E-state index is 0.433. The van der Waals surface area contributed by atoms with Gasteiger partial charge in [0.05, 0.1) is 0 Å². The van der Waals surface area contributed by atoms with Crippen molar-refractivity contribution in [2.45, 2.75) is 6.92 Å². The van der Waals surface area contributed by atoms with Gasteiger partial charge < -0.3 is 4.84 Å². The Bertz CT molecular complexity index is 256. The molecule has 1 aromatic rings. The molecule has 0 aliphatic heterocycles. The molecular weight excluding hydrogens is 164 g/mol. The first-order chi connectivity index (χ1) is 5.29. The fourth-order valence-electron chi connectivity index (χ4n) is 0.444. The van der Waals surface area contributed by atoms with Crippen molar-refractivity contribution in [3.05, 3.63) is 16.6 Å².